The Balaban J connectivity index is 1.89. The highest BCUT2D eigenvalue weighted by Crippen LogP contribution is 2.29. The van der Waals surface area contributed by atoms with E-state index in [0.29, 0.717) is 6.61 Å². The van der Waals surface area contributed by atoms with Crippen LogP contribution in [0.1, 0.15) is 11.1 Å². The SMILES string of the molecule is Cc1cccc(OCC2CO2)c1C1=C[NH2+]N=C1. The van der Waals surface area contributed by atoms with Gasteiger partial charge in [-0.05, 0) is 18.6 Å². The van der Waals surface area contributed by atoms with Gasteiger partial charge in [0.1, 0.15) is 24.7 Å². The number of rotatable bonds is 4. The molecule has 0 saturated carbocycles. The molecule has 0 spiro atoms. The van der Waals surface area contributed by atoms with Crippen molar-refractivity contribution in [3.63, 3.8) is 0 Å². The molecule has 1 aromatic carbocycles. The highest BCUT2D eigenvalue weighted by atomic mass is 16.6. The summed E-state index contributed by atoms with van der Waals surface area (Å²) in [5, 5.41) is 4.11. The lowest BCUT2D eigenvalue weighted by Gasteiger charge is -2.11. The molecule has 17 heavy (non-hydrogen) atoms. The second-order valence-corrected chi connectivity index (χ2v) is 4.26. The molecule has 4 heteroatoms. The van der Waals surface area contributed by atoms with Gasteiger partial charge >= 0.3 is 0 Å². The molecule has 1 fully saturated rings. The third-order valence-electron chi connectivity index (χ3n) is 2.90. The first-order chi connectivity index (χ1) is 8.34. The Hall–Kier alpha value is -1.65. The van der Waals surface area contributed by atoms with Gasteiger partial charge in [-0.25, -0.2) is 0 Å². The van der Waals surface area contributed by atoms with Crippen LogP contribution in [-0.2, 0) is 4.74 Å². The topological polar surface area (TPSA) is 50.7 Å². The molecule has 2 aliphatic heterocycles. The second-order valence-electron chi connectivity index (χ2n) is 4.26. The Morgan fingerprint density at radius 3 is 3.12 bits per heavy atom. The quantitative estimate of drug-likeness (QED) is 0.612. The third-order valence-corrected chi connectivity index (χ3v) is 2.90. The van der Waals surface area contributed by atoms with Crippen LogP contribution in [0.5, 0.6) is 5.75 Å². The number of benzene rings is 1. The summed E-state index contributed by atoms with van der Waals surface area (Å²) in [6.07, 6.45) is 4.15. The number of aryl methyl sites for hydroxylation is 1. The van der Waals surface area contributed by atoms with Gasteiger partial charge in [-0.15, -0.1) is 0 Å². The van der Waals surface area contributed by atoms with E-state index in [1.54, 1.807) is 5.43 Å². The second kappa shape index (κ2) is 4.31. The molecule has 0 radical (unpaired) electrons. The summed E-state index contributed by atoms with van der Waals surface area (Å²) >= 11 is 0. The van der Waals surface area contributed by atoms with E-state index in [9.17, 15) is 0 Å². The molecule has 0 bridgehead atoms. The van der Waals surface area contributed by atoms with E-state index in [1.807, 2.05) is 24.5 Å². The number of epoxide rings is 1. The van der Waals surface area contributed by atoms with Crippen LogP contribution < -0.4 is 10.2 Å². The van der Waals surface area contributed by atoms with Gasteiger partial charge in [0.2, 0.25) is 0 Å². The summed E-state index contributed by atoms with van der Waals surface area (Å²) in [5.74, 6) is 0.911. The molecule has 2 aliphatic rings. The first kappa shape index (κ1) is 10.5. The van der Waals surface area contributed by atoms with Crippen molar-refractivity contribution in [1.82, 2.24) is 0 Å². The fraction of sp³-hybridized carbons (Fsp3) is 0.308. The van der Waals surface area contributed by atoms with Gasteiger partial charge < -0.3 is 9.47 Å². The van der Waals surface area contributed by atoms with Gasteiger partial charge in [0.15, 0.2) is 0 Å². The average Bonchev–Trinajstić information content (AvgIpc) is 3.01. The molecule has 0 amide bonds. The molecule has 0 aliphatic carbocycles. The molecule has 1 saturated heterocycles. The number of nitrogens with two attached hydrogens (primary N) is 1. The minimum absolute atomic E-state index is 0.279. The lowest BCUT2D eigenvalue weighted by Crippen LogP contribution is -2.69. The molecule has 2 N–H and O–H groups in total. The molecule has 88 valence electrons. The van der Waals surface area contributed by atoms with E-state index in [0.717, 1.165) is 23.5 Å². The van der Waals surface area contributed by atoms with Crippen LogP contribution >= 0.6 is 0 Å². The Kier molecular flexibility index (Phi) is 2.66. The molecule has 1 unspecified atom stereocenters. The number of hydrogen-bond acceptors (Lipinski definition) is 3. The van der Waals surface area contributed by atoms with Crippen molar-refractivity contribution in [3.8, 4) is 5.75 Å². The van der Waals surface area contributed by atoms with Gasteiger partial charge in [-0.2, -0.15) is 5.43 Å². The maximum atomic E-state index is 5.81. The smallest absolute Gasteiger partial charge is 0.129 e. The van der Waals surface area contributed by atoms with Crippen LogP contribution in [0, 0.1) is 6.92 Å². The van der Waals surface area contributed by atoms with Gasteiger partial charge in [-0.1, -0.05) is 17.2 Å². The molecule has 3 rings (SSSR count). The van der Waals surface area contributed by atoms with Crippen LogP contribution in [0.4, 0.5) is 0 Å². The number of nitrogens with zero attached hydrogens (tertiary/aromatic N) is 1. The normalized spacial score (nSPS) is 21.5. The van der Waals surface area contributed by atoms with E-state index < -0.39 is 0 Å². The van der Waals surface area contributed by atoms with Crippen molar-refractivity contribution in [1.29, 1.82) is 0 Å². The zero-order valence-corrected chi connectivity index (χ0v) is 9.72. The zero-order valence-electron chi connectivity index (χ0n) is 9.72. The van der Waals surface area contributed by atoms with Crippen molar-refractivity contribution in [3.05, 3.63) is 35.5 Å². The highest BCUT2D eigenvalue weighted by molar-refractivity contribution is 6.11. The first-order valence-corrected chi connectivity index (χ1v) is 5.75. The van der Waals surface area contributed by atoms with Crippen LogP contribution in [0.2, 0.25) is 0 Å². The highest BCUT2D eigenvalue weighted by Gasteiger charge is 2.24. The summed E-state index contributed by atoms with van der Waals surface area (Å²) in [5.41, 5.74) is 5.24. The number of allylic oxidation sites excluding steroid dienone is 1. The zero-order chi connectivity index (χ0) is 11.7. The maximum Gasteiger partial charge on any atom is 0.129 e. The van der Waals surface area contributed by atoms with Crippen molar-refractivity contribution >= 4 is 11.8 Å². The third kappa shape index (κ3) is 2.23. The molecule has 4 nitrogen and oxygen atoms in total. The summed E-state index contributed by atoms with van der Waals surface area (Å²) in [4.78, 5) is 0. The van der Waals surface area contributed by atoms with Gasteiger partial charge in [0, 0.05) is 5.56 Å². The minimum atomic E-state index is 0.279. The number of quaternary nitrogens is 1. The van der Waals surface area contributed by atoms with E-state index >= 15 is 0 Å². The fourth-order valence-electron chi connectivity index (χ4n) is 1.92. The van der Waals surface area contributed by atoms with Crippen molar-refractivity contribution in [2.24, 2.45) is 5.10 Å². The van der Waals surface area contributed by atoms with E-state index in [-0.39, 0.29) is 6.10 Å². The molecule has 1 aromatic rings. The van der Waals surface area contributed by atoms with Gasteiger partial charge in [-0.3, -0.25) is 0 Å². The van der Waals surface area contributed by atoms with Crippen molar-refractivity contribution < 1.29 is 14.9 Å². The van der Waals surface area contributed by atoms with Crippen LogP contribution in [-0.4, -0.2) is 25.5 Å². The number of ether oxygens (including phenoxy) is 2. The van der Waals surface area contributed by atoms with Gasteiger partial charge in [0.05, 0.1) is 18.4 Å². The molecule has 1 atom stereocenters. The van der Waals surface area contributed by atoms with Crippen LogP contribution in [0.3, 0.4) is 0 Å². The monoisotopic (exact) mass is 231 g/mol. The summed E-state index contributed by atoms with van der Waals surface area (Å²) in [6.45, 7) is 3.53. The Morgan fingerprint density at radius 1 is 1.53 bits per heavy atom. The lowest BCUT2D eigenvalue weighted by atomic mass is 10.0. The summed E-state index contributed by atoms with van der Waals surface area (Å²) < 4.78 is 11.0. The average molecular weight is 231 g/mol. The Bertz CT molecular complexity index is 490. The fourth-order valence-corrected chi connectivity index (χ4v) is 1.92. The molecular formula is C13H15N2O2+. The standard InChI is InChI=1S/C13H14N2O2/c1-9-3-2-4-12(17-8-11-7-16-11)13(9)10-5-14-15-6-10/h2-6,11H,7-8H2,1H3,(H,14,15)/p+1. The molecular weight excluding hydrogens is 216 g/mol. The van der Waals surface area contributed by atoms with Crippen molar-refractivity contribution in [2.45, 2.75) is 13.0 Å². The minimum Gasteiger partial charge on any atom is -0.490 e. The first-order valence-electron chi connectivity index (χ1n) is 5.75. The number of hydrogen-bond donors (Lipinski definition) is 1. The Morgan fingerprint density at radius 2 is 2.41 bits per heavy atom. The predicted molar refractivity (Wildman–Crippen MR) is 64.8 cm³/mol. The largest absolute Gasteiger partial charge is 0.490 e. The van der Waals surface area contributed by atoms with E-state index in [1.165, 1.54) is 5.56 Å². The summed E-state index contributed by atoms with van der Waals surface area (Å²) in [6, 6.07) is 6.10. The van der Waals surface area contributed by atoms with Crippen LogP contribution in [0.25, 0.3) is 5.57 Å². The molecule has 0 aromatic heterocycles. The predicted octanol–water partition coefficient (Wildman–Crippen LogP) is 0.676. The summed E-state index contributed by atoms with van der Waals surface area (Å²) in [7, 11) is 0. The van der Waals surface area contributed by atoms with Crippen LogP contribution in [0.15, 0.2) is 29.5 Å². The lowest BCUT2D eigenvalue weighted by molar-refractivity contribution is -0.589. The molecule has 2 heterocycles. The Labute approximate surface area is 99.9 Å². The van der Waals surface area contributed by atoms with E-state index in [4.69, 9.17) is 9.47 Å². The van der Waals surface area contributed by atoms with Gasteiger partial charge in [0.25, 0.3) is 0 Å². The van der Waals surface area contributed by atoms with E-state index in [2.05, 4.69) is 18.1 Å². The maximum absolute atomic E-state index is 5.81. The van der Waals surface area contributed by atoms with Crippen molar-refractivity contribution in [2.75, 3.05) is 13.2 Å².